The maximum absolute atomic E-state index is 11.8. The number of hydrazone groups is 1. The molecule has 0 spiro atoms. The molecule has 0 fully saturated rings. The van der Waals surface area contributed by atoms with Crippen LogP contribution in [0.4, 0.5) is 0 Å². The summed E-state index contributed by atoms with van der Waals surface area (Å²) in [6, 6.07) is 8.61. The molecule has 31 heavy (non-hydrogen) atoms. The number of amides is 2. The number of halogens is 3. The highest BCUT2D eigenvalue weighted by Crippen LogP contribution is 2.37. The number of nitrogens with zero attached hydrogens (tertiary/aromatic N) is 1. The van der Waals surface area contributed by atoms with E-state index in [2.05, 4.69) is 31.8 Å². The summed E-state index contributed by atoms with van der Waals surface area (Å²) in [5, 5.41) is 7.33. The van der Waals surface area contributed by atoms with Crippen molar-refractivity contribution in [2.24, 2.45) is 11.0 Å². The number of hydrogen-bond donors (Lipinski definition) is 2. The van der Waals surface area contributed by atoms with E-state index in [9.17, 15) is 9.59 Å². The van der Waals surface area contributed by atoms with Crippen molar-refractivity contribution < 1.29 is 19.1 Å². The van der Waals surface area contributed by atoms with Gasteiger partial charge in [-0.25, -0.2) is 5.43 Å². The zero-order valence-corrected chi connectivity index (χ0v) is 20.3. The van der Waals surface area contributed by atoms with Crippen molar-refractivity contribution >= 4 is 57.2 Å². The predicted molar refractivity (Wildman–Crippen MR) is 125 cm³/mol. The van der Waals surface area contributed by atoms with E-state index in [4.69, 9.17) is 32.7 Å². The van der Waals surface area contributed by atoms with Gasteiger partial charge in [0.1, 0.15) is 6.61 Å². The first kappa shape index (κ1) is 25.0. The van der Waals surface area contributed by atoms with Crippen molar-refractivity contribution in [3.63, 3.8) is 0 Å². The number of methoxy groups -OCH3 is 1. The lowest BCUT2D eigenvalue weighted by molar-refractivity contribution is -0.139. The van der Waals surface area contributed by atoms with Crippen molar-refractivity contribution in [2.75, 3.05) is 13.7 Å². The number of carbonyl (C=O) groups excluding carboxylic acids is 2. The molecule has 10 heteroatoms. The van der Waals surface area contributed by atoms with Crippen LogP contribution in [0.2, 0.25) is 10.0 Å². The molecule has 0 radical (unpaired) electrons. The average molecular weight is 531 g/mol. The van der Waals surface area contributed by atoms with Crippen LogP contribution in [-0.2, 0) is 16.2 Å². The predicted octanol–water partition coefficient (Wildman–Crippen LogP) is 4.57. The Balaban J connectivity index is 2.07. The van der Waals surface area contributed by atoms with Crippen molar-refractivity contribution in [1.29, 1.82) is 0 Å². The van der Waals surface area contributed by atoms with Gasteiger partial charge in [0.15, 0.2) is 11.5 Å². The van der Waals surface area contributed by atoms with Crippen LogP contribution < -0.4 is 20.2 Å². The molecule has 0 aliphatic rings. The normalized spacial score (nSPS) is 10.9. The van der Waals surface area contributed by atoms with E-state index in [-0.39, 0.29) is 12.5 Å². The van der Waals surface area contributed by atoms with Gasteiger partial charge in [0, 0.05) is 22.2 Å². The van der Waals surface area contributed by atoms with Gasteiger partial charge in [-0.05, 0) is 51.7 Å². The minimum atomic E-state index is -0.848. The lowest BCUT2D eigenvalue weighted by atomic mass is 10.2. The van der Waals surface area contributed by atoms with Gasteiger partial charge in [-0.2, -0.15) is 5.10 Å². The lowest BCUT2D eigenvalue weighted by Crippen LogP contribution is -2.39. The van der Waals surface area contributed by atoms with Gasteiger partial charge in [-0.3, -0.25) is 9.59 Å². The van der Waals surface area contributed by atoms with Crippen LogP contribution in [0.15, 0.2) is 39.9 Å². The monoisotopic (exact) mass is 529 g/mol. The molecule has 0 unspecified atom stereocenters. The van der Waals surface area contributed by atoms with E-state index in [0.717, 1.165) is 0 Å². The summed E-state index contributed by atoms with van der Waals surface area (Å²) >= 11 is 15.8. The second-order valence-electron chi connectivity index (χ2n) is 6.83. The standard InChI is InChI=1S/C21H22BrCl2N3O4/c1-12(2)9-25-20(28)21(29)27-26-10-13-7-15(22)19(18(8-13)30-3)31-11-14-16(23)5-4-6-17(14)24/h4-8,10,12H,9,11H2,1-3H3,(H,25,28)(H,27,29)/b26-10-. The van der Waals surface area contributed by atoms with Gasteiger partial charge in [-0.15, -0.1) is 0 Å². The summed E-state index contributed by atoms with van der Waals surface area (Å²) in [7, 11) is 1.50. The molecule has 0 aliphatic carbocycles. The zero-order chi connectivity index (χ0) is 23.0. The number of carbonyl (C=O) groups is 2. The van der Waals surface area contributed by atoms with E-state index in [1.54, 1.807) is 30.3 Å². The average Bonchev–Trinajstić information content (AvgIpc) is 2.72. The molecule has 2 rings (SSSR count). The number of benzene rings is 2. The van der Waals surface area contributed by atoms with Crippen molar-refractivity contribution in [2.45, 2.75) is 20.5 Å². The largest absolute Gasteiger partial charge is 0.493 e. The Morgan fingerprint density at radius 3 is 2.48 bits per heavy atom. The van der Waals surface area contributed by atoms with E-state index in [1.165, 1.54) is 13.3 Å². The molecule has 0 aromatic heterocycles. The topological polar surface area (TPSA) is 89.0 Å². The maximum Gasteiger partial charge on any atom is 0.329 e. The molecule has 0 atom stereocenters. The molecule has 2 aromatic rings. The van der Waals surface area contributed by atoms with Crippen LogP contribution in [-0.4, -0.2) is 31.7 Å². The van der Waals surface area contributed by atoms with E-state index in [0.29, 0.717) is 43.7 Å². The molecule has 7 nitrogen and oxygen atoms in total. The third-order valence-electron chi connectivity index (χ3n) is 3.93. The first-order valence-corrected chi connectivity index (χ1v) is 10.8. The smallest absolute Gasteiger partial charge is 0.329 e. The Hall–Kier alpha value is -2.29. The van der Waals surface area contributed by atoms with Crippen LogP contribution >= 0.6 is 39.1 Å². The minimum Gasteiger partial charge on any atom is -0.493 e. The quantitative estimate of drug-likeness (QED) is 0.297. The Morgan fingerprint density at radius 1 is 1.19 bits per heavy atom. The molecule has 166 valence electrons. The minimum absolute atomic E-state index is 0.141. The van der Waals surface area contributed by atoms with Crippen LogP contribution in [0.25, 0.3) is 0 Å². The molecule has 2 aromatic carbocycles. The van der Waals surface area contributed by atoms with Gasteiger partial charge in [0.2, 0.25) is 0 Å². The van der Waals surface area contributed by atoms with Gasteiger partial charge < -0.3 is 14.8 Å². The molecule has 0 heterocycles. The molecular formula is C21H22BrCl2N3O4. The summed E-state index contributed by atoms with van der Waals surface area (Å²) in [5.74, 6) is -0.474. The Bertz CT molecular complexity index is 963. The summed E-state index contributed by atoms with van der Waals surface area (Å²) < 4.78 is 11.9. The van der Waals surface area contributed by atoms with Crippen molar-refractivity contribution in [1.82, 2.24) is 10.7 Å². The molecule has 2 amide bonds. The van der Waals surface area contributed by atoms with Crippen molar-refractivity contribution in [3.05, 3.63) is 56.0 Å². The Labute approximate surface area is 199 Å². The third kappa shape index (κ3) is 7.41. The van der Waals surface area contributed by atoms with Crippen LogP contribution in [0.1, 0.15) is 25.0 Å². The Kier molecular flexibility index (Phi) is 9.61. The second kappa shape index (κ2) is 11.9. The third-order valence-corrected chi connectivity index (χ3v) is 5.23. The fraction of sp³-hybridized carbons (Fsp3) is 0.286. The van der Waals surface area contributed by atoms with Gasteiger partial charge in [0.25, 0.3) is 0 Å². The number of hydrogen-bond acceptors (Lipinski definition) is 5. The fourth-order valence-electron chi connectivity index (χ4n) is 2.36. The molecule has 0 aliphatic heterocycles. The highest BCUT2D eigenvalue weighted by Gasteiger charge is 2.15. The summed E-state index contributed by atoms with van der Waals surface area (Å²) in [6.07, 6.45) is 1.38. The molecule has 2 N–H and O–H groups in total. The first-order valence-electron chi connectivity index (χ1n) is 9.27. The van der Waals surface area contributed by atoms with Gasteiger partial charge >= 0.3 is 11.8 Å². The maximum atomic E-state index is 11.8. The highest BCUT2D eigenvalue weighted by atomic mass is 79.9. The van der Waals surface area contributed by atoms with Gasteiger partial charge in [-0.1, -0.05) is 43.1 Å². The summed E-state index contributed by atoms with van der Waals surface area (Å²) in [5.41, 5.74) is 3.45. The number of rotatable bonds is 8. The highest BCUT2D eigenvalue weighted by molar-refractivity contribution is 9.10. The number of ether oxygens (including phenoxy) is 2. The van der Waals surface area contributed by atoms with Crippen molar-refractivity contribution in [3.8, 4) is 11.5 Å². The first-order chi connectivity index (χ1) is 14.7. The van der Waals surface area contributed by atoms with Crippen LogP contribution in [0.5, 0.6) is 11.5 Å². The summed E-state index contributed by atoms with van der Waals surface area (Å²) in [6.45, 7) is 4.40. The molecule has 0 saturated heterocycles. The van der Waals surface area contributed by atoms with E-state index < -0.39 is 11.8 Å². The number of nitrogens with one attached hydrogen (secondary N) is 2. The SMILES string of the molecule is COc1cc(/C=N\NC(=O)C(=O)NCC(C)C)cc(Br)c1OCc1c(Cl)cccc1Cl. The van der Waals surface area contributed by atoms with Crippen LogP contribution in [0, 0.1) is 5.92 Å². The van der Waals surface area contributed by atoms with E-state index in [1.807, 2.05) is 13.8 Å². The second-order valence-corrected chi connectivity index (χ2v) is 8.49. The lowest BCUT2D eigenvalue weighted by Gasteiger charge is -2.14. The van der Waals surface area contributed by atoms with Crippen LogP contribution in [0.3, 0.4) is 0 Å². The zero-order valence-electron chi connectivity index (χ0n) is 17.2. The fourth-order valence-corrected chi connectivity index (χ4v) is 3.44. The molecule has 0 saturated carbocycles. The summed E-state index contributed by atoms with van der Waals surface area (Å²) in [4.78, 5) is 23.4. The van der Waals surface area contributed by atoms with Gasteiger partial charge in [0.05, 0.1) is 17.8 Å². The van der Waals surface area contributed by atoms with E-state index >= 15 is 0 Å². The molecular weight excluding hydrogens is 509 g/mol. The molecule has 0 bridgehead atoms. The Morgan fingerprint density at radius 2 is 1.87 bits per heavy atom.